The van der Waals surface area contributed by atoms with Crippen molar-refractivity contribution in [1.29, 1.82) is 0 Å². The molecule has 4 heteroatoms. The van der Waals surface area contributed by atoms with Crippen molar-refractivity contribution in [2.24, 2.45) is 11.7 Å². The number of aliphatic hydroxyl groups is 1. The zero-order chi connectivity index (χ0) is 13.8. The third-order valence-electron chi connectivity index (χ3n) is 3.88. The van der Waals surface area contributed by atoms with E-state index in [-0.39, 0.29) is 6.61 Å². The molecule has 3 N–H and O–H groups in total. The van der Waals surface area contributed by atoms with Crippen LogP contribution in [0.15, 0.2) is 18.2 Å². The summed E-state index contributed by atoms with van der Waals surface area (Å²) in [7, 11) is 0. The van der Waals surface area contributed by atoms with Crippen molar-refractivity contribution in [2.75, 3.05) is 24.6 Å². The molecule has 1 fully saturated rings. The first-order valence-corrected chi connectivity index (χ1v) is 7.29. The van der Waals surface area contributed by atoms with Crippen LogP contribution in [0.2, 0.25) is 0 Å². The lowest BCUT2D eigenvalue weighted by Gasteiger charge is -2.36. The van der Waals surface area contributed by atoms with E-state index in [0.717, 1.165) is 31.5 Å². The number of hydrogen-bond donors (Lipinski definition) is 2. The average Bonchev–Trinajstić information content (AvgIpc) is 2.39. The lowest BCUT2D eigenvalue weighted by molar-refractivity contribution is 0.244. The summed E-state index contributed by atoms with van der Waals surface area (Å²) in [5.41, 5.74) is 9.22. The van der Waals surface area contributed by atoms with E-state index in [4.69, 9.17) is 23.1 Å². The van der Waals surface area contributed by atoms with Crippen LogP contribution in [-0.4, -0.2) is 29.8 Å². The number of piperidine rings is 1. The highest BCUT2D eigenvalue weighted by molar-refractivity contribution is 7.80. The van der Waals surface area contributed by atoms with E-state index in [1.165, 1.54) is 17.7 Å². The summed E-state index contributed by atoms with van der Waals surface area (Å²) < 4.78 is 0. The Labute approximate surface area is 120 Å². The molecule has 1 aromatic carbocycles. The Morgan fingerprint density at radius 3 is 3.00 bits per heavy atom. The molecule has 104 valence electrons. The number of aryl methyl sites for hydroxylation is 1. The van der Waals surface area contributed by atoms with Gasteiger partial charge in [-0.2, -0.15) is 0 Å². The highest BCUT2D eigenvalue weighted by Crippen LogP contribution is 2.30. The number of hydrogen-bond acceptors (Lipinski definition) is 3. The van der Waals surface area contributed by atoms with E-state index in [1.807, 2.05) is 12.1 Å². The first kappa shape index (κ1) is 14.3. The fourth-order valence-corrected chi connectivity index (χ4v) is 3.13. The molecular weight excluding hydrogens is 256 g/mol. The number of benzene rings is 1. The van der Waals surface area contributed by atoms with Crippen LogP contribution in [0.25, 0.3) is 0 Å². The molecule has 1 aromatic rings. The number of para-hydroxylation sites is 1. The number of aliphatic hydroxyl groups excluding tert-OH is 1. The van der Waals surface area contributed by atoms with Crippen LogP contribution in [0.1, 0.15) is 30.4 Å². The van der Waals surface area contributed by atoms with Gasteiger partial charge >= 0.3 is 0 Å². The molecule has 1 saturated heterocycles. The quantitative estimate of drug-likeness (QED) is 0.829. The van der Waals surface area contributed by atoms with Gasteiger partial charge in [-0.1, -0.05) is 24.4 Å². The second-order valence-corrected chi connectivity index (χ2v) is 5.74. The molecule has 0 amide bonds. The minimum Gasteiger partial charge on any atom is -0.396 e. The summed E-state index contributed by atoms with van der Waals surface area (Å²) in [5.74, 6) is 0.567. The first-order valence-electron chi connectivity index (χ1n) is 6.88. The molecular formula is C15H22N2OS. The minimum absolute atomic E-state index is 0.272. The van der Waals surface area contributed by atoms with E-state index in [2.05, 4.69) is 17.9 Å². The summed E-state index contributed by atoms with van der Waals surface area (Å²) in [5, 5.41) is 9.11. The van der Waals surface area contributed by atoms with E-state index in [0.29, 0.717) is 10.9 Å². The second kappa shape index (κ2) is 6.35. The van der Waals surface area contributed by atoms with Gasteiger partial charge in [-0.25, -0.2) is 0 Å². The highest BCUT2D eigenvalue weighted by Gasteiger charge is 2.23. The van der Waals surface area contributed by atoms with Gasteiger partial charge in [-0.3, -0.25) is 0 Å². The van der Waals surface area contributed by atoms with Gasteiger partial charge in [0.25, 0.3) is 0 Å². The molecule has 1 atom stereocenters. The maximum absolute atomic E-state index is 9.11. The molecule has 1 heterocycles. The molecule has 0 saturated carbocycles. The number of anilines is 1. The summed E-state index contributed by atoms with van der Waals surface area (Å²) in [6, 6.07) is 6.11. The Balaban J connectivity index is 2.28. The summed E-state index contributed by atoms with van der Waals surface area (Å²) in [6.07, 6.45) is 3.24. The van der Waals surface area contributed by atoms with Gasteiger partial charge in [-0.05, 0) is 43.7 Å². The van der Waals surface area contributed by atoms with E-state index >= 15 is 0 Å². The van der Waals surface area contributed by atoms with Crippen LogP contribution in [0.4, 0.5) is 5.69 Å². The normalized spacial score (nSPS) is 19.5. The molecule has 0 aromatic heterocycles. The number of rotatable bonds is 4. The van der Waals surface area contributed by atoms with Crippen molar-refractivity contribution in [3.8, 4) is 0 Å². The van der Waals surface area contributed by atoms with Gasteiger partial charge < -0.3 is 15.7 Å². The van der Waals surface area contributed by atoms with Crippen molar-refractivity contribution in [2.45, 2.75) is 26.2 Å². The maximum atomic E-state index is 9.11. The summed E-state index contributed by atoms with van der Waals surface area (Å²) in [4.78, 5) is 2.84. The van der Waals surface area contributed by atoms with E-state index in [9.17, 15) is 0 Å². The molecule has 0 spiro atoms. The van der Waals surface area contributed by atoms with Crippen molar-refractivity contribution >= 4 is 22.9 Å². The van der Waals surface area contributed by atoms with Gasteiger partial charge in [-0.15, -0.1) is 0 Å². The number of nitrogens with zero attached hydrogens (tertiary/aromatic N) is 1. The SMILES string of the molecule is Cc1cccc(C(N)=S)c1N1CCCC(CCO)C1. The number of thiocarbonyl (C=S) groups is 1. The Bertz CT molecular complexity index is 459. The average molecular weight is 278 g/mol. The fraction of sp³-hybridized carbons (Fsp3) is 0.533. The van der Waals surface area contributed by atoms with Crippen molar-refractivity contribution < 1.29 is 5.11 Å². The monoisotopic (exact) mass is 278 g/mol. The molecule has 19 heavy (non-hydrogen) atoms. The third kappa shape index (κ3) is 3.25. The van der Waals surface area contributed by atoms with Gasteiger partial charge in [0.2, 0.25) is 0 Å². The van der Waals surface area contributed by atoms with Crippen molar-refractivity contribution in [3.63, 3.8) is 0 Å². The summed E-state index contributed by atoms with van der Waals surface area (Å²) >= 11 is 5.17. The van der Waals surface area contributed by atoms with Crippen LogP contribution in [0.5, 0.6) is 0 Å². The van der Waals surface area contributed by atoms with Crippen LogP contribution < -0.4 is 10.6 Å². The van der Waals surface area contributed by atoms with Crippen molar-refractivity contribution in [1.82, 2.24) is 0 Å². The molecule has 3 nitrogen and oxygen atoms in total. The topological polar surface area (TPSA) is 49.5 Å². The lowest BCUT2D eigenvalue weighted by atomic mass is 9.93. The third-order valence-corrected chi connectivity index (χ3v) is 4.10. The second-order valence-electron chi connectivity index (χ2n) is 5.30. The fourth-order valence-electron chi connectivity index (χ4n) is 2.96. The van der Waals surface area contributed by atoms with Gasteiger partial charge in [0.15, 0.2) is 0 Å². The Hall–Kier alpha value is -1.13. The standard InChI is InChI=1S/C15H22N2OS/c1-11-4-2-6-13(15(16)19)14(11)17-8-3-5-12(10-17)7-9-18/h2,4,6,12,18H,3,5,7-10H2,1H3,(H2,16,19). The molecule has 1 aliphatic heterocycles. The largest absolute Gasteiger partial charge is 0.396 e. The first-order chi connectivity index (χ1) is 9.13. The predicted octanol–water partition coefficient (Wildman–Crippen LogP) is 2.23. The molecule has 0 bridgehead atoms. The van der Waals surface area contributed by atoms with Gasteiger partial charge in [0, 0.05) is 30.9 Å². The molecule has 0 radical (unpaired) electrons. The Morgan fingerprint density at radius 1 is 1.53 bits per heavy atom. The predicted molar refractivity (Wildman–Crippen MR) is 83.7 cm³/mol. The van der Waals surface area contributed by atoms with Gasteiger partial charge in [0.05, 0.1) is 0 Å². The Kier molecular flexibility index (Phi) is 4.77. The van der Waals surface area contributed by atoms with E-state index < -0.39 is 0 Å². The smallest absolute Gasteiger partial charge is 0.106 e. The highest BCUT2D eigenvalue weighted by atomic mass is 32.1. The maximum Gasteiger partial charge on any atom is 0.106 e. The van der Waals surface area contributed by atoms with Crippen molar-refractivity contribution in [3.05, 3.63) is 29.3 Å². The minimum atomic E-state index is 0.272. The van der Waals surface area contributed by atoms with Gasteiger partial charge in [0.1, 0.15) is 4.99 Å². The Morgan fingerprint density at radius 2 is 2.32 bits per heavy atom. The molecule has 0 aliphatic carbocycles. The zero-order valence-corrected chi connectivity index (χ0v) is 12.2. The summed E-state index contributed by atoms with van der Waals surface area (Å²) in [6.45, 7) is 4.41. The number of nitrogens with two attached hydrogens (primary N) is 1. The van der Waals surface area contributed by atoms with Crippen LogP contribution in [-0.2, 0) is 0 Å². The lowest BCUT2D eigenvalue weighted by Crippen LogP contribution is -2.37. The van der Waals surface area contributed by atoms with E-state index in [1.54, 1.807) is 0 Å². The van der Waals surface area contributed by atoms with Crippen LogP contribution in [0, 0.1) is 12.8 Å². The zero-order valence-electron chi connectivity index (χ0n) is 11.4. The molecule has 1 aliphatic rings. The molecule has 2 rings (SSSR count). The van der Waals surface area contributed by atoms with Crippen LogP contribution >= 0.6 is 12.2 Å². The van der Waals surface area contributed by atoms with Crippen LogP contribution in [0.3, 0.4) is 0 Å². The molecule has 1 unspecified atom stereocenters.